The van der Waals surface area contributed by atoms with E-state index in [1.165, 1.54) is 12.0 Å². The van der Waals surface area contributed by atoms with Gasteiger partial charge in [-0.1, -0.05) is 12.1 Å². The topological polar surface area (TPSA) is 39.1 Å². The van der Waals surface area contributed by atoms with E-state index in [0.29, 0.717) is 18.1 Å². The van der Waals surface area contributed by atoms with E-state index in [-0.39, 0.29) is 0 Å². The van der Waals surface area contributed by atoms with Crippen molar-refractivity contribution in [1.29, 1.82) is 0 Å². The molecule has 0 spiro atoms. The van der Waals surface area contributed by atoms with Gasteiger partial charge in [0.1, 0.15) is 0 Å². The van der Waals surface area contributed by atoms with Crippen molar-refractivity contribution in [2.75, 3.05) is 13.2 Å². The van der Waals surface area contributed by atoms with Crippen molar-refractivity contribution in [2.24, 2.45) is 5.92 Å². The van der Waals surface area contributed by atoms with E-state index in [4.69, 9.17) is 4.74 Å². The van der Waals surface area contributed by atoms with Crippen LogP contribution in [-0.2, 0) is 4.74 Å². The zero-order valence-electron chi connectivity index (χ0n) is 12.7. The Morgan fingerprint density at radius 2 is 2.19 bits per heavy atom. The van der Waals surface area contributed by atoms with Gasteiger partial charge >= 0.3 is 0 Å². The fourth-order valence-electron chi connectivity index (χ4n) is 2.84. The van der Waals surface area contributed by atoms with Crippen LogP contribution in [0, 0.1) is 5.92 Å². The molecule has 2 heterocycles. The zero-order valence-corrected chi connectivity index (χ0v) is 12.7. The summed E-state index contributed by atoms with van der Waals surface area (Å²) < 4.78 is 7.63. The number of rotatable bonds is 5. The molecule has 1 fully saturated rings. The summed E-state index contributed by atoms with van der Waals surface area (Å²) in [7, 11) is 0. The fourth-order valence-corrected chi connectivity index (χ4v) is 2.84. The molecule has 0 saturated carbocycles. The van der Waals surface area contributed by atoms with Gasteiger partial charge in [-0.3, -0.25) is 0 Å². The smallest absolute Gasteiger partial charge is 0.0991 e. The average molecular weight is 285 g/mol. The molecule has 3 atom stereocenters. The molecule has 0 amide bonds. The van der Waals surface area contributed by atoms with Gasteiger partial charge in [-0.05, 0) is 43.9 Å². The molecule has 1 N–H and O–H groups in total. The van der Waals surface area contributed by atoms with E-state index in [2.05, 4.69) is 48.4 Å². The van der Waals surface area contributed by atoms with E-state index < -0.39 is 0 Å². The standard InChI is InChI=1S/C17H23N3O/c1-13(19-11-16-7-10-21-14(16)2)15-3-5-17(6-4-15)20-9-8-18-12-20/h3-6,8-9,12-14,16,19H,7,10-11H2,1-2H3. The molecule has 3 rings (SSSR count). The molecule has 4 heteroatoms. The predicted octanol–water partition coefficient (Wildman–Crippen LogP) is 2.95. The maximum atomic E-state index is 5.61. The highest BCUT2D eigenvalue weighted by molar-refractivity contribution is 5.35. The molecular weight excluding hydrogens is 262 g/mol. The largest absolute Gasteiger partial charge is 0.378 e. The molecule has 0 aliphatic carbocycles. The summed E-state index contributed by atoms with van der Waals surface area (Å²) in [6, 6.07) is 8.99. The Morgan fingerprint density at radius 3 is 2.81 bits per heavy atom. The van der Waals surface area contributed by atoms with Crippen LogP contribution >= 0.6 is 0 Å². The summed E-state index contributed by atoms with van der Waals surface area (Å²) in [5.41, 5.74) is 2.45. The van der Waals surface area contributed by atoms with Gasteiger partial charge in [-0.25, -0.2) is 4.98 Å². The molecule has 4 nitrogen and oxygen atoms in total. The highest BCUT2D eigenvalue weighted by Gasteiger charge is 2.24. The summed E-state index contributed by atoms with van der Waals surface area (Å²) in [6.45, 7) is 6.31. The molecule has 0 bridgehead atoms. The summed E-state index contributed by atoms with van der Waals surface area (Å²) in [4.78, 5) is 4.08. The normalized spacial score (nSPS) is 23.3. The number of nitrogens with zero attached hydrogens (tertiary/aromatic N) is 2. The summed E-state index contributed by atoms with van der Waals surface area (Å²) in [5, 5.41) is 3.63. The minimum absolute atomic E-state index is 0.356. The molecule has 1 aliphatic heterocycles. The highest BCUT2D eigenvalue weighted by atomic mass is 16.5. The van der Waals surface area contributed by atoms with Crippen molar-refractivity contribution >= 4 is 0 Å². The number of hydrogen-bond acceptors (Lipinski definition) is 3. The van der Waals surface area contributed by atoms with E-state index in [9.17, 15) is 0 Å². The number of imidazole rings is 1. The van der Waals surface area contributed by atoms with Gasteiger partial charge in [0.05, 0.1) is 12.4 Å². The van der Waals surface area contributed by atoms with Crippen molar-refractivity contribution in [3.63, 3.8) is 0 Å². The maximum Gasteiger partial charge on any atom is 0.0991 e. The Morgan fingerprint density at radius 1 is 1.38 bits per heavy atom. The number of benzene rings is 1. The van der Waals surface area contributed by atoms with E-state index in [1.54, 1.807) is 6.20 Å². The van der Waals surface area contributed by atoms with Gasteiger partial charge in [0.2, 0.25) is 0 Å². The van der Waals surface area contributed by atoms with Gasteiger partial charge in [-0.2, -0.15) is 0 Å². The third-order valence-electron chi connectivity index (χ3n) is 4.42. The summed E-state index contributed by atoms with van der Waals surface area (Å²) in [6.07, 6.45) is 7.12. The third kappa shape index (κ3) is 3.34. The first kappa shape index (κ1) is 14.3. The van der Waals surface area contributed by atoms with Crippen LogP contribution in [0.25, 0.3) is 5.69 Å². The fraction of sp³-hybridized carbons (Fsp3) is 0.471. The lowest BCUT2D eigenvalue weighted by molar-refractivity contribution is 0.105. The maximum absolute atomic E-state index is 5.61. The first-order valence-electron chi connectivity index (χ1n) is 7.67. The Kier molecular flexibility index (Phi) is 4.36. The molecule has 1 saturated heterocycles. The molecule has 112 valence electrons. The van der Waals surface area contributed by atoms with Crippen LogP contribution < -0.4 is 5.32 Å². The third-order valence-corrected chi connectivity index (χ3v) is 4.42. The minimum Gasteiger partial charge on any atom is -0.378 e. The second kappa shape index (κ2) is 6.41. The lowest BCUT2D eigenvalue weighted by Gasteiger charge is -2.19. The van der Waals surface area contributed by atoms with Crippen LogP contribution in [-0.4, -0.2) is 28.8 Å². The summed E-state index contributed by atoms with van der Waals surface area (Å²) >= 11 is 0. The van der Waals surface area contributed by atoms with Gasteiger partial charge in [0, 0.05) is 37.3 Å². The molecule has 0 radical (unpaired) electrons. The second-order valence-corrected chi connectivity index (χ2v) is 5.82. The first-order valence-corrected chi connectivity index (χ1v) is 7.67. The van der Waals surface area contributed by atoms with E-state index in [1.807, 2.05) is 17.1 Å². The number of aromatic nitrogens is 2. The van der Waals surface area contributed by atoms with Gasteiger partial charge in [0.25, 0.3) is 0 Å². The summed E-state index contributed by atoms with van der Waals surface area (Å²) in [5.74, 6) is 0.637. The van der Waals surface area contributed by atoms with Crippen LogP contribution in [0.2, 0.25) is 0 Å². The minimum atomic E-state index is 0.356. The van der Waals surface area contributed by atoms with Crippen molar-refractivity contribution in [1.82, 2.24) is 14.9 Å². The van der Waals surface area contributed by atoms with Crippen molar-refractivity contribution in [3.8, 4) is 5.69 Å². The van der Waals surface area contributed by atoms with Crippen molar-refractivity contribution in [3.05, 3.63) is 48.5 Å². The van der Waals surface area contributed by atoms with Crippen molar-refractivity contribution < 1.29 is 4.74 Å². The number of hydrogen-bond donors (Lipinski definition) is 1. The Bertz CT molecular complexity index is 550. The SMILES string of the molecule is CC(NCC1CCOC1C)c1ccc(-n2ccnc2)cc1. The van der Waals surface area contributed by atoms with Crippen LogP contribution in [0.15, 0.2) is 43.0 Å². The van der Waals surface area contributed by atoms with Crippen LogP contribution in [0.5, 0.6) is 0 Å². The quantitative estimate of drug-likeness (QED) is 0.918. The predicted molar refractivity (Wildman–Crippen MR) is 83.5 cm³/mol. The number of nitrogens with one attached hydrogen (secondary N) is 1. The van der Waals surface area contributed by atoms with E-state index in [0.717, 1.165) is 18.8 Å². The molecule has 1 aliphatic rings. The lowest BCUT2D eigenvalue weighted by atomic mass is 10.0. The van der Waals surface area contributed by atoms with Gasteiger partial charge < -0.3 is 14.6 Å². The molecule has 1 aromatic carbocycles. The number of ether oxygens (including phenoxy) is 1. The second-order valence-electron chi connectivity index (χ2n) is 5.82. The van der Waals surface area contributed by atoms with Crippen molar-refractivity contribution in [2.45, 2.75) is 32.4 Å². The van der Waals surface area contributed by atoms with Crippen LogP contribution in [0.3, 0.4) is 0 Å². The molecule has 2 aromatic rings. The molecule has 3 unspecified atom stereocenters. The van der Waals surface area contributed by atoms with E-state index >= 15 is 0 Å². The zero-order chi connectivity index (χ0) is 14.7. The highest BCUT2D eigenvalue weighted by Crippen LogP contribution is 2.21. The Hall–Kier alpha value is -1.65. The average Bonchev–Trinajstić information content (AvgIpc) is 3.17. The molecular formula is C17H23N3O. The molecule has 1 aromatic heterocycles. The Labute approximate surface area is 126 Å². The van der Waals surface area contributed by atoms with Gasteiger partial charge in [0.15, 0.2) is 0 Å². The molecule has 21 heavy (non-hydrogen) atoms. The lowest BCUT2D eigenvalue weighted by Crippen LogP contribution is -2.29. The first-order chi connectivity index (χ1) is 10.2. The van der Waals surface area contributed by atoms with Crippen LogP contribution in [0.1, 0.15) is 31.9 Å². The van der Waals surface area contributed by atoms with Gasteiger partial charge in [-0.15, -0.1) is 0 Å². The van der Waals surface area contributed by atoms with Crippen LogP contribution in [0.4, 0.5) is 0 Å². The Balaban J connectivity index is 1.58. The monoisotopic (exact) mass is 285 g/mol.